The van der Waals surface area contributed by atoms with Gasteiger partial charge in [0.25, 0.3) is 0 Å². The van der Waals surface area contributed by atoms with Crippen LogP contribution in [0, 0.1) is 0 Å². The van der Waals surface area contributed by atoms with E-state index in [2.05, 4.69) is 0 Å². The number of hydrogen-bond donors (Lipinski definition) is 1. The SMILES string of the molecule is COc1ccc(Cl)cc1Sc1ccc(C(=O)O)cc1. The first kappa shape index (κ1) is 13.8. The lowest BCUT2D eigenvalue weighted by Gasteiger charge is -2.08. The molecular weight excluding hydrogens is 284 g/mol. The molecule has 0 aromatic heterocycles. The van der Waals surface area contributed by atoms with Crippen LogP contribution >= 0.6 is 23.4 Å². The maximum Gasteiger partial charge on any atom is 0.335 e. The summed E-state index contributed by atoms with van der Waals surface area (Å²) < 4.78 is 5.26. The van der Waals surface area contributed by atoms with Crippen molar-refractivity contribution in [2.75, 3.05) is 7.11 Å². The van der Waals surface area contributed by atoms with Crippen molar-refractivity contribution in [2.24, 2.45) is 0 Å². The molecule has 0 saturated heterocycles. The van der Waals surface area contributed by atoms with E-state index >= 15 is 0 Å². The van der Waals surface area contributed by atoms with Gasteiger partial charge in [-0.3, -0.25) is 0 Å². The predicted molar refractivity (Wildman–Crippen MR) is 75.5 cm³/mol. The highest BCUT2D eigenvalue weighted by atomic mass is 35.5. The van der Waals surface area contributed by atoms with Gasteiger partial charge in [0.1, 0.15) is 5.75 Å². The van der Waals surface area contributed by atoms with E-state index in [1.165, 1.54) is 11.8 Å². The monoisotopic (exact) mass is 294 g/mol. The fourth-order valence-corrected chi connectivity index (χ4v) is 2.72. The fraction of sp³-hybridized carbons (Fsp3) is 0.0714. The fourth-order valence-electron chi connectivity index (χ4n) is 1.52. The highest BCUT2D eigenvalue weighted by Crippen LogP contribution is 2.36. The second-order valence-electron chi connectivity index (χ2n) is 3.73. The maximum atomic E-state index is 10.8. The number of methoxy groups -OCH3 is 1. The lowest BCUT2D eigenvalue weighted by Crippen LogP contribution is -1.94. The molecule has 0 bridgehead atoms. The third-order valence-corrected chi connectivity index (χ3v) is 3.74. The number of benzene rings is 2. The summed E-state index contributed by atoms with van der Waals surface area (Å²) in [7, 11) is 1.60. The first-order chi connectivity index (χ1) is 9.10. The third-order valence-electron chi connectivity index (χ3n) is 2.45. The molecule has 5 heteroatoms. The molecule has 0 aliphatic heterocycles. The quantitative estimate of drug-likeness (QED) is 0.918. The van der Waals surface area contributed by atoms with Gasteiger partial charge in [-0.1, -0.05) is 23.4 Å². The van der Waals surface area contributed by atoms with Crippen LogP contribution in [0.5, 0.6) is 5.75 Å². The number of hydrogen-bond acceptors (Lipinski definition) is 3. The van der Waals surface area contributed by atoms with Gasteiger partial charge >= 0.3 is 5.97 Å². The van der Waals surface area contributed by atoms with Crippen LogP contribution in [0.15, 0.2) is 52.3 Å². The molecule has 0 fully saturated rings. The smallest absolute Gasteiger partial charge is 0.335 e. The summed E-state index contributed by atoms with van der Waals surface area (Å²) >= 11 is 7.43. The van der Waals surface area contributed by atoms with Gasteiger partial charge in [-0.05, 0) is 42.5 Å². The van der Waals surface area contributed by atoms with Gasteiger partial charge in [-0.25, -0.2) is 4.79 Å². The van der Waals surface area contributed by atoms with Crippen molar-refractivity contribution < 1.29 is 14.6 Å². The molecule has 1 N–H and O–H groups in total. The summed E-state index contributed by atoms with van der Waals surface area (Å²) in [4.78, 5) is 12.6. The molecule has 2 aromatic rings. The van der Waals surface area contributed by atoms with E-state index in [1.54, 1.807) is 43.5 Å². The van der Waals surface area contributed by atoms with E-state index in [4.69, 9.17) is 21.4 Å². The zero-order valence-electron chi connectivity index (χ0n) is 10.1. The van der Waals surface area contributed by atoms with Gasteiger partial charge in [0, 0.05) is 9.92 Å². The lowest BCUT2D eigenvalue weighted by molar-refractivity contribution is 0.0697. The molecule has 0 spiro atoms. The normalized spacial score (nSPS) is 10.2. The Bertz CT molecular complexity index is 596. The second kappa shape index (κ2) is 5.99. The van der Waals surface area contributed by atoms with Crippen molar-refractivity contribution in [3.05, 3.63) is 53.1 Å². The lowest BCUT2D eigenvalue weighted by atomic mass is 10.2. The highest BCUT2D eigenvalue weighted by Gasteiger charge is 2.07. The molecule has 2 aromatic carbocycles. The van der Waals surface area contributed by atoms with Crippen LogP contribution in [0.3, 0.4) is 0 Å². The van der Waals surface area contributed by atoms with E-state index in [0.29, 0.717) is 5.02 Å². The number of aromatic carboxylic acids is 1. The van der Waals surface area contributed by atoms with Crippen molar-refractivity contribution in [3.63, 3.8) is 0 Å². The Morgan fingerprint density at radius 3 is 2.47 bits per heavy atom. The van der Waals surface area contributed by atoms with Crippen molar-refractivity contribution >= 4 is 29.3 Å². The number of ether oxygens (including phenoxy) is 1. The molecule has 19 heavy (non-hydrogen) atoms. The zero-order chi connectivity index (χ0) is 13.8. The first-order valence-corrected chi connectivity index (χ1v) is 6.64. The number of rotatable bonds is 4. The molecule has 0 saturated carbocycles. The Kier molecular flexibility index (Phi) is 4.35. The van der Waals surface area contributed by atoms with E-state index in [-0.39, 0.29) is 5.56 Å². The van der Waals surface area contributed by atoms with Crippen LogP contribution in [0.25, 0.3) is 0 Å². The van der Waals surface area contributed by atoms with Crippen LogP contribution in [-0.4, -0.2) is 18.2 Å². The number of halogens is 1. The van der Waals surface area contributed by atoms with Gasteiger partial charge in [-0.2, -0.15) is 0 Å². The maximum absolute atomic E-state index is 10.8. The van der Waals surface area contributed by atoms with Crippen molar-refractivity contribution in [3.8, 4) is 5.75 Å². The summed E-state index contributed by atoms with van der Waals surface area (Å²) in [6.07, 6.45) is 0. The Hall–Kier alpha value is -1.65. The summed E-state index contributed by atoms with van der Waals surface area (Å²) in [5.41, 5.74) is 0.266. The van der Waals surface area contributed by atoms with E-state index < -0.39 is 5.97 Å². The van der Waals surface area contributed by atoms with Crippen molar-refractivity contribution in [1.29, 1.82) is 0 Å². The van der Waals surface area contributed by atoms with Crippen LogP contribution < -0.4 is 4.74 Å². The summed E-state index contributed by atoms with van der Waals surface area (Å²) in [5.74, 6) is -0.200. The molecule has 0 unspecified atom stereocenters. The Balaban J connectivity index is 2.25. The predicted octanol–water partition coefficient (Wildman–Crippen LogP) is 4.20. The molecule has 0 aliphatic rings. The number of carboxylic acids is 1. The molecular formula is C14H11ClO3S. The van der Waals surface area contributed by atoms with Gasteiger partial charge in [0.05, 0.1) is 17.6 Å². The second-order valence-corrected chi connectivity index (χ2v) is 5.28. The topological polar surface area (TPSA) is 46.5 Å². The summed E-state index contributed by atoms with van der Waals surface area (Å²) in [6, 6.07) is 12.0. The molecule has 2 rings (SSSR count). The molecule has 0 amide bonds. The summed E-state index contributed by atoms with van der Waals surface area (Å²) in [5, 5.41) is 9.47. The zero-order valence-corrected chi connectivity index (χ0v) is 11.7. The molecule has 0 heterocycles. The average Bonchev–Trinajstić information content (AvgIpc) is 2.39. The molecule has 0 atom stereocenters. The first-order valence-electron chi connectivity index (χ1n) is 5.45. The Morgan fingerprint density at radius 1 is 1.21 bits per heavy atom. The number of carbonyl (C=O) groups is 1. The van der Waals surface area contributed by atoms with Gasteiger partial charge in [0.2, 0.25) is 0 Å². The van der Waals surface area contributed by atoms with Gasteiger partial charge in [-0.15, -0.1) is 0 Å². The van der Waals surface area contributed by atoms with Crippen molar-refractivity contribution in [1.82, 2.24) is 0 Å². The van der Waals surface area contributed by atoms with E-state index in [0.717, 1.165) is 15.5 Å². The molecule has 0 aliphatic carbocycles. The Labute approximate surface area is 120 Å². The van der Waals surface area contributed by atoms with Crippen LogP contribution in [0.1, 0.15) is 10.4 Å². The highest BCUT2D eigenvalue weighted by molar-refractivity contribution is 7.99. The van der Waals surface area contributed by atoms with Crippen LogP contribution in [-0.2, 0) is 0 Å². The average molecular weight is 295 g/mol. The van der Waals surface area contributed by atoms with E-state index in [9.17, 15) is 4.79 Å². The van der Waals surface area contributed by atoms with Crippen LogP contribution in [0.2, 0.25) is 5.02 Å². The Morgan fingerprint density at radius 2 is 1.89 bits per heavy atom. The molecule has 0 radical (unpaired) electrons. The number of carboxylic acid groups (broad SMARTS) is 1. The minimum absolute atomic E-state index is 0.266. The molecule has 3 nitrogen and oxygen atoms in total. The largest absolute Gasteiger partial charge is 0.496 e. The van der Waals surface area contributed by atoms with Crippen LogP contribution in [0.4, 0.5) is 0 Å². The van der Waals surface area contributed by atoms with Gasteiger partial charge < -0.3 is 9.84 Å². The minimum atomic E-state index is -0.933. The minimum Gasteiger partial charge on any atom is -0.496 e. The third kappa shape index (κ3) is 3.43. The van der Waals surface area contributed by atoms with Crippen molar-refractivity contribution in [2.45, 2.75) is 9.79 Å². The van der Waals surface area contributed by atoms with Gasteiger partial charge in [0.15, 0.2) is 0 Å². The standard InChI is InChI=1S/C14H11ClO3S/c1-18-12-7-4-10(15)8-13(12)19-11-5-2-9(3-6-11)14(16)17/h2-8H,1H3,(H,16,17). The molecule has 98 valence electrons. The van der Waals surface area contributed by atoms with E-state index in [1.807, 2.05) is 6.07 Å². The summed E-state index contributed by atoms with van der Waals surface area (Å²) in [6.45, 7) is 0.